The van der Waals surface area contributed by atoms with Gasteiger partial charge in [-0.3, -0.25) is 0 Å². The van der Waals surface area contributed by atoms with E-state index in [1.165, 1.54) is 0 Å². The zero-order valence-electron chi connectivity index (χ0n) is 11.0. The minimum absolute atomic E-state index is 1.00. The average molecular weight is 191 g/mol. The van der Waals surface area contributed by atoms with E-state index in [2.05, 4.69) is 34.9 Å². The largest absolute Gasteiger partial charge is 0.333 e. The molecular formula is C10H29N3+2. The molecule has 0 aromatic rings. The molecule has 0 radical (unpaired) electrons. The number of hydrogen-bond donors (Lipinski definition) is 0. The van der Waals surface area contributed by atoms with Crippen molar-refractivity contribution in [3.05, 3.63) is 0 Å². The van der Waals surface area contributed by atoms with E-state index in [1.54, 1.807) is 4.58 Å². The van der Waals surface area contributed by atoms with E-state index in [9.17, 15) is 0 Å². The Morgan fingerprint density at radius 3 is 0.923 bits per heavy atom. The van der Waals surface area contributed by atoms with E-state index in [1.807, 2.05) is 40.1 Å². The zero-order valence-corrected chi connectivity index (χ0v) is 11.0. The lowest BCUT2D eigenvalue weighted by molar-refractivity contribution is -0.849. The van der Waals surface area contributed by atoms with Crippen LogP contribution in [-0.4, -0.2) is 84.1 Å². The van der Waals surface area contributed by atoms with Gasteiger partial charge in [0.25, 0.3) is 0 Å². The Balaban J connectivity index is -0.000000117. The SMILES string of the molecule is C=[N+](C)C.CN(C)C.C[N+](C)(C)C. The van der Waals surface area contributed by atoms with Crippen LogP contribution in [0.15, 0.2) is 0 Å². The third-order valence-electron chi connectivity index (χ3n) is 0. The van der Waals surface area contributed by atoms with Crippen molar-refractivity contribution >= 4 is 6.72 Å². The summed E-state index contributed by atoms with van der Waals surface area (Å²) in [5.41, 5.74) is 0. The van der Waals surface area contributed by atoms with Gasteiger partial charge in [0.05, 0.1) is 28.2 Å². The standard InChI is InChI=1S/C4H12N.C3H9N.C3H8N/c1-5(2,3)4;2*1-4(2)3/h1-4H3;1-3H3;1H2,2-3H3/q+1;;+1. The predicted molar refractivity (Wildman–Crippen MR) is 62.8 cm³/mol. The van der Waals surface area contributed by atoms with Crippen molar-refractivity contribution in [1.82, 2.24) is 4.90 Å². The van der Waals surface area contributed by atoms with Gasteiger partial charge in [0.1, 0.15) is 20.8 Å². The van der Waals surface area contributed by atoms with Gasteiger partial charge in [0.2, 0.25) is 0 Å². The molecule has 0 saturated heterocycles. The van der Waals surface area contributed by atoms with Gasteiger partial charge >= 0.3 is 0 Å². The summed E-state index contributed by atoms with van der Waals surface area (Å²) in [6.07, 6.45) is 0. The molecule has 0 amide bonds. The molecule has 0 unspecified atom stereocenters. The van der Waals surface area contributed by atoms with Crippen LogP contribution in [0.3, 0.4) is 0 Å². The van der Waals surface area contributed by atoms with Crippen molar-refractivity contribution in [3.63, 3.8) is 0 Å². The highest BCUT2D eigenvalue weighted by Crippen LogP contribution is 1.73. The van der Waals surface area contributed by atoms with E-state index < -0.39 is 0 Å². The van der Waals surface area contributed by atoms with Crippen molar-refractivity contribution in [1.29, 1.82) is 0 Å². The smallest absolute Gasteiger partial charge is 0.131 e. The average Bonchev–Trinajstić information content (AvgIpc) is 1.50. The second-order valence-electron chi connectivity index (χ2n) is 5.10. The van der Waals surface area contributed by atoms with Crippen LogP contribution < -0.4 is 0 Å². The molecule has 0 bridgehead atoms. The van der Waals surface area contributed by atoms with Crippen molar-refractivity contribution in [2.45, 2.75) is 0 Å². The van der Waals surface area contributed by atoms with Crippen molar-refractivity contribution in [2.75, 3.05) is 63.4 Å². The Morgan fingerprint density at radius 1 is 0.923 bits per heavy atom. The van der Waals surface area contributed by atoms with Gasteiger partial charge < -0.3 is 9.38 Å². The molecule has 0 aromatic heterocycles. The molecule has 0 aliphatic heterocycles. The Morgan fingerprint density at radius 2 is 0.923 bits per heavy atom. The van der Waals surface area contributed by atoms with Crippen molar-refractivity contribution in [3.8, 4) is 0 Å². The molecule has 82 valence electrons. The summed E-state index contributed by atoms with van der Waals surface area (Å²) < 4.78 is 2.75. The van der Waals surface area contributed by atoms with E-state index >= 15 is 0 Å². The van der Waals surface area contributed by atoms with E-state index in [-0.39, 0.29) is 0 Å². The van der Waals surface area contributed by atoms with Crippen LogP contribution in [0.4, 0.5) is 0 Å². The summed E-state index contributed by atoms with van der Waals surface area (Å²) in [5.74, 6) is 0. The minimum Gasteiger partial charge on any atom is -0.333 e. The second-order valence-corrected chi connectivity index (χ2v) is 5.10. The predicted octanol–water partition coefficient (Wildman–Crippen LogP) is 0.459. The lowest BCUT2D eigenvalue weighted by atomic mass is 10.8. The molecule has 0 aromatic carbocycles. The number of nitrogens with zero attached hydrogens (tertiary/aromatic N) is 3. The molecule has 0 aliphatic rings. The maximum absolute atomic E-state index is 3.47. The molecule has 3 nitrogen and oxygen atoms in total. The monoisotopic (exact) mass is 191 g/mol. The van der Waals surface area contributed by atoms with Crippen molar-refractivity contribution in [2.24, 2.45) is 0 Å². The van der Waals surface area contributed by atoms with Gasteiger partial charge in [-0.2, -0.15) is 0 Å². The summed E-state index contributed by atoms with van der Waals surface area (Å²) in [6, 6.07) is 0. The first-order chi connectivity index (χ1) is 5.46. The van der Waals surface area contributed by atoms with Gasteiger partial charge in [-0.05, 0) is 21.1 Å². The van der Waals surface area contributed by atoms with Gasteiger partial charge in [0, 0.05) is 0 Å². The van der Waals surface area contributed by atoms with Crippen LogP contribution in [0.2, 0.25) is 0 Å². The summed E-state index contributed by atoms with van der Waals surface area (Å²) in [7, 11) is 18.3. The number of rotatable bonds is 0. The first-order valence-electron chi connectivity index (χ1n) is 4.34. The fourth-order valence-corrected chi connectivity index (χ4v) is 0. The van der Waals surface area contributed by atoms with Crippen LogP contribution in [0.1, 0.15) is 0 Å². The quantitative estimate of drug-likeness (QED) is 0.306. The molecule has 0 atom stereocenters. The molecule has 0 heterocycles. The van der Waals surface area contributed by atoms with E-state index in [4.69, 9.17) is 0 Å². The highest BCUT2D eigenvalue weighted by atomic mass is 15.2. The van der Waals surface area contributed by atoms with Crippen molar-refractivity contribution < 1.29 is 9.06 Å². The molecule has 0 rings (SSSR count). The molecule has 13 heavy (non-hydrogen) atoms. The Labute approximate surface area is 84.9 Å². The summed E-state index contributed by atoms with van der Waals surface area (Å²) >= 11 is 0. The maximum atomic E-state index is 3.47. The Bertz CT molecular complexity index is 99.1. The highest BCUT2D eigenvalue weighted by molar-refractivity contribution is 5.13. The lowest BCUT2D eigenvalue weighted by Crippen LogP contribution is -2.27. The molecule has 0 fully saturated rings. The van der Waals surface area contributed by atoms with E-state index in [0.717, 1.165) is 4.48 Å². The normalized spacial score (nSPS) is 9.38. The van der Waals surface area contributed by atoms with Crippen LogP contribution in [-0.2, 0) is 0 Å². The third kappa shape index (κ3) is 6340. The molecular weight excluding hydrogens is 162 g/mol. The molecule has 3 heteroatoms. The van der Waals surface area contributed by atoms with Crippen LogP contribution >= 0.6 is 0 Å². The molecule has 0 N–H and O–H groups in total. The maximum Gasteiger partial charge on any atom is 0.131 e. The molecule has 0 saturated carbocycles. The van der Waals surface area contributed by atoms with Gasteiger partial charge in [-0.25, -0.2) is 4.58 Å². The Hall–Kier alpha value is -0.410. The van der Waals surface area contributed by atoms with Gasteiger partial charge in [0.15, 0.2) is 0 Å². The number of quaternary nitrogens is 1. The van der Waals surface area contributed by atoms with Crippen LogP contribution in [0.5, 0.6) is 0 Å². The van der Waals surface area contributed by atoms with Crippen LogP contribution in [0.25, 0.3) is 0 Å². The first-order valence-corrected chi connectivity index (χ1v) is 4.34. The van der Waals surface area contributed by atoms with Gasteiger partial charge in [-0.1, -0.05) is 0 Å². The highest BCUT2D eigenvalue weighted by Gasteiger charge is 1.88. The van der Waals surface area contributed by atoms with Gasteiger partial charge in [-0.15, -0.1) is 0 Å². The first kappa shape index (κ1) is 18.4. The zero-order chi connectivity index (χ0) is 11.7. The third-order valence-corrected chi connectivity index (χ3v) is 0. The lowest BCUT2D eigenvalue weighted by Gasteiger charge is -2.14. The summed E-state index contributed by atoms with van der Waals surface area (Å²) in [6.45, 7) is 3.47. The Kier molecular flexibility index (Phi) is 13.7. The minimum atomic E-state index is 1.00. The fraction of sp³-hybridized carbons (Fsp3) is 0.900. The summed E-state index contributed by atoms with van der Waals surface area (Å²) in [4.78, 5) is 2.00. The van der Waals surface area contributed by atoms with Crippen LogP contribution in [0, 0.1) is 0 Å². The second kappa shape index (κ2) is 9.68. The van der Waals surface area contributed by atoms with E-state index in [0.29, 0.717) is 0 Å². The molecule has 0 aliphatic carbocycles. The summed E-state index contributed by atoms with van der Waals surface area (Å²) in [5, 5.41) is 0. The molecule has 0 spiro atoms. The number of hydrogen-bond acceptors (Lipinski definition) is 1. The topological polar surface area (TPSA) is 6.25 Å². The fourth-order valence-electron chi connectivity index (χ4n) is 0.